The summed E-state index contributed by atoms with van der Waals surface area (Å²) in [6.07, 6.45) is 0.973. The van der Waals surface area contributed by atoms with Crippen LogP contribution in [0, 0.1) is 0 Å². The van der Waals surface area contributed by atoms with Crippen LogP contribution in [0.3, 0.4) is 0 Å². The second kappa shape index (κ2) is 6.62. The van der Waals surface area contributed by atoms with E-state index in [9.17, 15) is 4.79 Å². The largest absolute Gasteiger partial charge is 0.337 e. The number of amides is 1. The average molecular weight is 310 g/mol. The highest BCUT2D eigenvalue weighted by molar-refractivity contribution is 6.35. The molecule has 1 fully saturated rings. The van der Waals surface area contributed by atoms with E-state index in [4.69, 9.17) is 23.2 Å². The summed E-state index contributed by atoms with van der Waals surface area (Å²) in [6.45, 7) is 1.78. The van der Waals surface area contributed by atoms with Gasteiger partial charge < -0.3 is 10.2 Å². The van der Waals surface area contributed by atoms with Crippen LogP contribution in [0.25, 0.3) is 0 Å². The number of rotatable bonds is 2. The molecule has 0 bridgehead atoms. The van der Waals surface area contributed by atoms with Crippen LogP contribution in [0.1, 0.15) is 16.8 Å². The minimum Gasteiger partial charge on any atom is -0.337 e. The molecule has 0 aliphatic carbocycles. The van der Waals surface area contributed by atoms with Crippen molar-refractivity contribution in [3.63, 3.8) is 0 Å². The maximum Gasteiger partial charge on any atom is 0.255 e. The first-order valence-corrected chi connectivity index (χ1v) is 6.28. The highest BCUT2D eigenvalue weighted by Gasteiger charge is 2.25. The molecule has 3 nitrogen and oxygen atoms in total. The molecule has 100 valence electrons. The molecule has 2 rings (SSSR count). The number of nitrogens with one attached hydrogen (secondary N) is 1. The Morgan fingerprint density at radius 3 is 2.78 bits per heavy atom. The quantitative estimate of drug-likeness (QED) is 0.911. The summed E-state index contributed by atoms with van der Waals surface area (Å²) in [5.41, 5.74) is 0.466. The van der Waals surface area contributed by atoms with Crippen molar-refractivity contribution in [2.45, 2.75) is 12.5 Å². The van der Waals surface area contributed by atoms with Gasteiger partial charge in [-0.25, -0.2) is 0 Å². The van der Waals surface area contributed by atoms with Crippen LogP contribution < -0.4 is 5.32 Å². The molecule has 1 saturated heterocycles. The minimum atomic E-state index is -0.0776. The number of likely N-dealkylation sites (N-methyl/N-ethyl adjacent to an activating group) is 1. The molecule has 0 saturated carbocycles. The molecule has 1 aliphatic heterocycles. The molecule has 0 radical (unpaired) electrons. The van der Waals surface area contributed by atoms with Crippen LogP contribution in [-0.2, 0) is 0 Å². The van der Waals surface area contributed by atoms with Crippen molar-refractivity contribution in [2.75, 3.05) is 20.1 Å². The zero-order valence-corrected chi connectivity index (χ0v) is 12.3. The molecule has 1 aromatic rings. The van der Waals surface area contributed by atoms with E-state index in [0.717, 1.165) is 19.5 Å². The molecule has 1 aromatic carbocycles. The fourth-order valence-corrected chi connectivity index (χ4v) is 2.36. The van der Waals surface area contributed by atoms with Crippen molar-refractivity contribution in [1.82, 2.24) is 10.2 Å². The molecule has 1 heterocycles. The number of hydrogen-bond acceptors (Lipinski definition) is 2. The van der Waals surface area contributed by atoms with Crippen LogP contribution in [0.4, 0.5) is 0 Å². The van der Waals surface area contributed by atoms with Gasteiger partial charge in [0.1, 0.15) is 0 Å². The number of halogens is 3. The van der Waals surface area contributed by atoms with Gasteiger partial charge in [-0.1, -0.05) is 23.2 Å². The second-order valence-corrected chi connectivity index (χ2v) is 5.03. The fourth-order valence-electron chi connectivity index (χ4n) is 1.99. The Balaban J connectivity index is 0.00000162. The lowest BCUT2D eigenvalue weighted by molar-refractivity contribution is 0.0744. The van der Waals surface area contributed by atoms with E-state index in [0.29, 0.717) is 15.6 Å². The Labute approximate surface area is 123 Å². The van der Waals surface area contributed by atoms with Crippen LogP contribution >= 0.6 is 35.6 Å². The fraction of sp³-hybridized carbons (Fsp3) is 0.417. The molecule has 1 N–H and O–H groups in total. The highest BCUT2D eigenvalue weighted by atomic mass is 35.5. The zero-order chi connectivity index (χ0) is 12.4. The molecule has 1 atom stereocenters. The molecule has 0 unspecified atom stereocenters. The van der Waals surface area contributed by atoms with Crippen molar-refractivity contribution in [2.24, 2.45) is 0 Å². The first-order valence-electron chi connectivity index (χ1n) is 5.52. The van der Waals surface area contributed by atoms with Crippen molar-refractivity contribution >= 4 is 41.5 Å². The van der Waals surface area contributed by atoms with E-state index in [1.54, 1.807) is 30.1 Å². The molecule has 1 aliphatic rings. The van der Waals surface area contributed by atoms with Gasteiger partial charge in [-0.15, -0.1) is 12.4 Å². The average Bonchev–Trinajstić information content (AvgIpc) is 2.84. The summed E-state index contributed by atoms with van der Waals surface area (Å²) in [7, 11) is 1.80. The van der Waals surface area contributed by atoms with Crippen LogP contribution in [-0.4, -0.2) is 37.0 Å². The van der Waals surface area contributed by atoms with Gasteiger partial charge in [0, 0.05) is 24.7 Å². The summed E-state index contributed by atoms with van der Waals surface area (Å²) in [4.78, 5) is 14.0. The Morgan fingerprint density at radius 1 is 1.44 bits per heavy atom. The Kier molecular flexibility index (Phi) is 5.73. The van der Waals surface area contributed by atoms with Crippen molar-refractivity contribution in [3.8, 4) is 0 Å². The maximum atomic E-state index is 12.3. The van der Waals surface area contributed by atoms with E-state index in [-0.39, 0.29) is 24.4 Å². The van der Waals surface area contributed by atoms with E-state index >= 15 is 0 Å². The van der Waals surface area contributed by atoms with E-state index in [2.05, 4.69) is 5.32 Å². The standard InChI is InChI=1S/C12H14Cl2N2O.ClH/c1-16(9-4-5-15-7-9)12(17)10-6-8(13)2-3-11(10)14;/h2-3,6,9,15H,4-5,7H2,1H3;1H/t9-;/m0./s1. The number of nitrogens with zero attached hydrogens (tertiary/aromatic N) is 1. The number of carbonyl (C=O) groups is 1. The van der Waals surface area contributed by atoms with Gasteiger partial charge in [-0.3, -0.25) is 4.79 Å². The lowest BCUT2D eigenvalue weighted by Gasteiger charge is -2.24. The predicted octanol–water partition coefficient (Wildman–Crippen LogP) is 2.85. The molecule has 6 heteroatoms. The van der Waals surface area contributed by atoms with Crippen LogP contribution in [0.15, 0.2) is 18.2 Å². The van der Waals surface area contributed by atoms with E-state index in [1.165, 1.54) is 0 Å². The molecular formula is C12H15Cl3N2O. The first-order chi connectivity index (χ1) is 8.09. The zero-order valence-electron chi connectivity index (χ0n) is 9.95. The van der Waals surface area contributed by atoms with Crippen LogP contribution in [0.5, 0.6) is 0 Å². The lowest BCUT2D eigenvalue weighted by atomic mass is 10.1. The number of carbonyl (C=O) groups excluding carboxylic acids is 1. The van der Waals surface area contributed by atoms with Crippen molar-refractivity contribution in [3.05, 3.63) is 33.8 Å². The molecular weight excluding hydrogens is 295 g/mol. The summed E-state index contributed by atoms with van der Waals surface area (Å²) in [5.74, 6) is -0.0776. The van der Waals surface area contributed by atoms with Gasteiger partial charge in [0.15, 0.2) is 0 Å². The topological polar surface area (TPSA) is 32.3 Å². The Morgan fingerprint density at radius 2 is 2.17 bits per heavy atom. The lowest BCUT2D eigenvalue weighted by Crippen LogP contribution is -2.38. The predicted molar refractivity (Wildman–Crippen MR) is 77.1 cm³/mol. The monoisotopic (exact) mass is 308 g/mol. The third kappa shape index (κ3) is 3.29. The van der Waals surface area contributed by atoms with Crippen molar-refractivity contribution < 1.29 is 4.79 Å². The summed E-state index contributed by atoms with van der Waals surface area (Å²) in [5, 5.41) is 4.20. The maximum absolute atomic E-state index is 12.3. The van der Waals surface area contributed by atoms with E-state index in [1.807, 2.05) is 0 Å². The SMILES string of the molecule is CN(C(=O)c1cc(Cl)ccc1Cl)[C@H]1CCNC1.Cl. The third-order valence-electron chi connectivity index (χ3n) is 3.06. The third-order valence-corrected chi connectivity index (χ3v) is 3.63. The molecule has 1 amide bonds. The molecule has 0 aromatic heterocycles. The summed E-state index contributed by atoms with van der Waals surface area (Å²) in [6, 6.07) is 5.18. The van der Waals surface area contributed by atoms with E-state index < -0.39 is 0 Å². The van der Waals surface area contributed by atoms with Gasteiger partial charge in [0.2, 0.25) is 0 Å². The van der Waals surface area contributed by atoms with Gasteiger partial charge in [-0.05, 0) is 31.2 Å². The molecule has 18 heavy (non-hydrogen) atoms. The summed E-state index contributed by atoms with van der Waals surface area (Å²) < 4.78 is 0. The summed E-state index contributed by atoms with van der Waals surface area (Å²) >= 11 is 11.9. The number of hydrogen-bond donors (Lipinski definition) is 1. The van der Waals surface area contributed by atoms with Gasteiger partial charge in [-0.2, -0.15) is 0 Å². The Hall–Kier alpha value is -0.480. The first kappa shape index (κ1) is 15.6. The normalized spacial score (nSPS) is 18.3. The molecule has 0 spiro atoms. The number of benzene rings is 1. The smallest absolute Gasteiger partial charge is 0.255 e. The van der Waals surface area contributed by atoms with Gasteiger partial charge in [0.25, 0.3) is 5.91 Å². The highest BCUT2D eigenvalue weighted by Crippen LogP contribution is 2.23. The van der Waals surface area contributed by atoms with Gasteiger partial charge in [0.05, 0.1) is 10.6 Å². The van der Waals surface area contributed by atoms with Crippen LogP contribution in [0.2, 0.25) is 10.0 Å². The van der Waals surface area contributed by atoms with Crippen molar-refractivity contribution in [1.29, 1.82) is 0 Å². The Bertz CT molecular complexity index is 433. The second-order valence-electron chi connectivity index (χ2n) is 4.19. The minimum absolute atomic E-state index is 0. The van der Waals surface area contributed by atoms with Gasteiger partial charge >= 0.3 is 0 Å².